The van der Waals surface area contributed by atoms with E-state index in [0.29, 0.717) is 10.6 Å². The maximum absolute atomic E-state index is 12.4. The molecule has 3 rings (SSSR count). The molecule has 1 heterocycles. The van der Waals surface area contributed by atoms with Gasteiger partial charge in [-0.3, -0.25) is 19.3 Å². The van der Waals surface area contributed by atoms with E-state index in [9.17, 15) is 14.4 Å². The molecule has 1 N–H and O–H groups in total. The van der Waals surface area contributed by atoms with Crippen molar-refractivity contribution < 1.29 is 14.4 Å². The van der Waals surface area contributed by atoms with Crippen molar-refractivity contribution in [3.05, 3.63) is 70.2 Å². The summed E-state index contributed by atoms with van der Waals surface area (Å²) in [6.45, 7) is 2.15. The number of nitrogens with one attached hydrogen (secondary N) is 1. The van der Waals surface area contributed by atoms with E-state index in [4.69, 9.17) is 11.6 Å². The molecule has 0 bridgehead atoms. The minimum Gasteiger partial charge on any atom is -0.346 e. The average molecular weight is 371 g/mol. The summed E-state index contributed by atoms with van der Waals surface area (Å²) >= 11 is 5.88. The SMILES string of the molecule is C[C@H](NC(=O)c1ccc(CN2C(=O)CCC2=O)cc1)c1ccc(Cl)cc1. The fraction of sp³-hybridized carbons (Fsp3) is 0.250. The van der Waals surface area contributed by atoms with E-state index in [2.05, 4.69) is 5.32 Å². The van der Waals surface area contributed by atoms with Crippen LogP contribution >= 0.6 is 11.6 Å². The molecular weight excluding hydrogens is 352 g/mol. The van der Waals surface area contributed by atoms with Gasteiger partial charge in [0.15, 0.2) is 0 Å². The number of nitrogens with zero attached hydrogens (tertiary/aromatic N) is 1. The Morgan fingerprint density at radius 1 is 1.04 bits per heavy atom. The molecule has 1 aliphatic rings. The molecule has 0 spiro atoms. The highest BCUT2D eigenvalue weighted by Crippen LogP contribution is 2.18. The number of hydrogen-bond acceptors (Lipinski definition) is 3. The van der Waals surface area contributed by atoms with Crippen LogP contribution in [0.4, 0.5) is 0 Å². The number of imide groups is 1. The summed E-state index contributed by atoms with van der Waals surface area (Å²) in [6, 6.07) is 14.1. The molecule has 134 valence electrons. The first-order valence-electron chi connectivity index (χ1n) is 8.42. The third-order valence-electron chi connectivity index (χ3n) is 4.43. The first kappa shape index (κ1) is 18.1. The molecule has 1 fully saturated rings. The van der Waals surface area contributed by atoms with Gasteiger partial charge >= 0.3 is 0 Å². The highest BCUT2D eigenvalue weighted by molar-refractivity contribution is 6.30. The van der Waals surface area contributed by atoms with Crippen LogP contribution in [-0.2, 0) is 16.1 Å². The molecule has 3 amide bonds. The van der Waals surface area contributed by atoms with Crippen LogP contribution in [0.5, 0.6) is 0 Å². The summed E-state index contributed by atoms with van der Waals surface area (Å²) < 4.78 is 0. The monoisotopic (exact) mass is 370 g/mol. The third-order valence-corrected chi connectivity index (χ3v) is 4.68. The normalized spacial score (nSPS) is 15.2. The molecule has 0 aromatic heterocycles. The Morgan fingerprint density at radius 3 is 2.19 bits per heavy atom. The minimum atomic E-state index is -0.188. The van der Waals surface area contributed by atoms with Gasteiger partial charge in [0.2, 0.25) is 11.8 Å². The van der Waals surface area contributed by atoms with Crippen LogP contribution in [-0.4, -0.2) is 22.6 Å². The fourth-order valence-corrected chi connectivity index (χ4v) is 2.98. The lowest BCUT2D eigenvalue weighted by molar-refractivity contribution is -0.139. The van der Waals surface area contributed by atoms with Gasteiger partial charge in [-0.1, -0.05) is 35.9 Å². The predicted octanol–water partition coefficient (Wildman–Crippen LogP) is 3.48. The Balaban J connectivity index is 1.62. The smallest absolute Gasteiger partial charge is 0.251 e. The number of hydrogen-bond donors (Lipinski definition) is 1. The molecule has 26 heavy (non-hydrogen) atoms. The van der Waals surface area contributed by atoms with Crippen LogP contribution in [0.2, 0.25) is 5.02 Å². The molecule has 0 unspecified atom stereocenters. The summed E-state index contributed by atoms with van der Waals surface area (Å²) in [5.74, 6) is -0.477. The van der Waals surface area contributed by atoms with Gasteiger partial charge in [-0.05, 0) is 42.3 Å². The molecule has 1 saturated heterocycles. The summed E-state index contributed by atoms with van der Waals surface area (Å²) in [4.78, 5) is 37.0. The van der Waals surface area contributed by atoms with Gasteiger partial charge in [0.25, 0.3) is 5.91 Å². The van der Waals surface area contributed by atoms with E-state index in [-0.39, 0.29) is 43.1 Å². The van der Waals surface area contributed by atoms with E-state index >= 15 is 0 Å². The van der Waals surface area contributed by atoms with Crippen LogP contribution in [0.25, 0.3) is 0 Å². The zero-order valence-electron chi connectivity index (χ0n) is 14.4. The summed E-state index contributed by atoms with van der Waals surface area (Å²) in [5.41, 5.74) is 2.30. The van der Waals surface area contributed by atoms with E-state index in [1.165, 1.54) is 4.90 Å². The number of halogens is 1. The second kappa shape index (κ2) is 7.70. The van der Waals surface area contributed by atoms with Crippen molar-refractivity contribution in [3.8, 4) is 0 Å². The zero-order chi connectivity index (χ0) is 18.7. The molecule has 0 aliphatic carbocycles. The lowest BCUT2D eigenvalue weighted by Crippen LogP contribution is -2.28. The van der Waals surface area contributed by atoms with Crippen molar-refractivity contribution in [1.82, 2.24) is 10.2 Å². The van der Waals surface area contributed by atoms with Crippen molar-refractivity contribution >= 4 is 29.3 Å². The molecule has 0 saturated carbocycles. The number of carbonyl (C=O) groups excluding carboxylic acids is 3. The van der Waals surface area contributed by atoms with Gasteiger partial charge in [0, 0.05) is 23.4 Å². The molecule has 1 aliphatic heterocycles. The van der Waals surface area contributed by atoms with E-state index in [0.717, 1.165) is 11.1 Å². The topological polar surface area (TPSA) is 66.5 Å². The van der Waals surface area contributed by atoms with E-state index in [1.807, 2.05) is 19.1 Å². The number of carbonyl (C=O) groups is 3. The number of benzene rings is 2. The second-order valence-electron chi connectivity index (χ2n) is 6.32. The molecule has 0 radical (unpaired) electrons. The maximum Gasteiger partial charge on any atom is 0.251 e. The first-order valence-corrected chi connectivity index (χ1v) is 8.80. The highest BCUT2D eigenvalue weighted by Gasteiger charge is 2.28. The number of amides is 3. The van der Waals surface area contributed by atoms with Crippen molar-refractivity contribution in [2.75, 3.05) is 0 Å². The highest BCUT2D eigenvalue weighted by atomic mass is 35.5. The van der Waals surface area contributed by atoms with Gasteiger partial charge in [-0.25, -0.2) is 0 Å². The Labute approximate surface area is 156 Å². The van der Waals surface area contributed by atoms with Crippen LogP contribution in [0.1, 0.15) is 47.3 Å². The summed E-state index contributed by atoms with van der Waals surface area (Å²) in [7, 11) is 0. The van der Waals surface area contributed by atoms with Crippen molar-refractivity contribution in [2.24, 2.45) is 0 Å². The average Bonchev–Trinajstić information content (AvgIpc) is 2.94. The van der Waals surface area contributed by atoms with Gasteiger partial charge in [-0.2, -0.15) is 0 Å². The molecule has 2 aromatic carbocycles. The molecule has 5 nitrogen and oxygen atoms in total. The first-order chi connectivity index (χ1) is 12.4. The number of rotatable bonds is 5. The zero-order valence-corrected chi connectivity index (χ0v) is 15.1. The Hall–Kier alpha value is -2.66. The van der Waals surface area contributed by atoms with Crippen LogP contribution in [0.15, 0.2) is 48.5 Å². The van der Waals surface area contributed by atoms with Crippen molar-refractivity contribution in [3.63, 3.8) is 0 Å². The van der Waals surface area contributed by atoms with Crippen molar-refractivity contribution in [1.29, 1.82) is 0 Å². The summed E-state index contributed by atoms with van der Waals surface area (Å²) in [5, 5.41) is 3.59. The van der Waals surface area contributed by atoms with Crippen LogP contribution in [0.3, 0.4) is 0 Å². The number of likely N-dealkylation sites (tertiary alicyclic amines) is 1. The van der Waals surface area contributed by atoms with Gasteiger partial charge in [0.1, 0.15) is 0 Å². The van der Waals surface area contributed by atoms with Crippen LogP contribution < -0.4 is 5.32 Å². The summed E-state index contributed by atoms with van der Waals surface area (Å²) in [6.07, 6.45) is 0.559. The van der Waals surface area contributed by atoms with Crippen molar-refractivity contribution in [2.45, 2.75) is 32.4 Å². The van der Waals surface area contributed by atoms with E-state index in [1.54, 1.807) is 36.4 Å². The Morgan fingerprint density at radius 2 is 1.62 bits per heavy atom. The van der Waals surface area contributed by atoms with Gasteiger partial charge < -0.3 is 5.32 Å². The second-order valence-corrected chi connectivity index (χ2v) is 6.75. The molecule has 1 atom stereocenters. The van der Waals surface area contributed by atoms with Gasteiger partial charge in [-0.15, -0.1) is 0 Å². The lowest BCUT2D eigenvalue weighted by Gasteiger charge is -2.16. The van der Waals surface area contributed by atoms with Crippen LogP contribution in [0, 0.1) is 0 Å². The van der Waals surface area contributed by atoms with Gasteiger partial charge in [0.05, 0.1) is 12.6 Å². The fourth-order valence-electron chi connectivity index (χ4n) is 2.86. The molecule has 6 heteroatoms. The Bertz CT molecular complexity index is 815. The third kappa shape index (κ3) is 4.11. The Kier molecular flexibility index (Phi) is 5.38. The quantitative estimate of drug-likeness (QED) is 0.819. The minimum absolute atomic E-state index is 0.145. The largest absolute Gasteiger partial charge is 0.346 e. The molecular formula is C20H19ClN2O3. The molecule has 2 aromatic rings. The maximum atomic E-state index is 12.4. The lowest BCUT2D eigenvalue weighted by atomic mass is 10.1. The predicted molar refractivity (Wildman–Crippen MR) is 98.6 cm³/mol. The van der Waals surface area contributed by atoms with E-state index < -0.39 is 0 Å². The standard InChI is InChI=1S/C20H19ClN2O3/c1-13(15-6-8-17(21)9-7-15)22-20(26)16-4-2-14(3-5-16)12-23-18(24)10-11-19(23)25/h2-9,13H,10-12H2,1H3,(H,22,26)/t13-/m0/s1.